The predicted molar refractivity (Wildman–Crippen MR) is 87.8 cm³/mol. The maximum atomic E-state index is 13.4. The number of carbonyl (C=O) groups excluding carboxylic acids is 2. The minimum absolute atomic E-state index is 0.0647. The lowest BCUT2D eigenvalue weighted by atomic mass is 10.1. The first-order chi connectivity index (χ1) is 11.6. The van der Waals surface area contributed by atoms with E-state index in [1.165, 1.54) is 19.2 Å². The van der Waals surface area contributed by atoms with Crippen molar-refractivity contribution in [1.82, 2.24) is 5.32 Å². The summed E-state index contributed by atoms with van der Waals surface area (Å²) in [6.07, 6.45) is 1.95. The minimum atomic E-state index is -0.543. The van der Waals surface area contributed by atoms with Gasteiger partial charge in [-0.25, -0.2) is 4.39 Å². The number of carbonyl (C=O) groups is 2. The molecule has 3 rings (SSSR count). The number of methoxy groups -OCH3 is 1. The molecule has 2 amide bonds. The van der Waals surface area contributed by atoms with E-state index >= 15 is 0 Å². The molecule has 24 heavy (non-hydrogen) atoms. The number of hydrogen-bond donors (Lipinski definition) is 2. The Morgan fingerprint density at radius 2 is 1.83 bits per heavy atom. The zero-order valence-corrected chi connectivity index (χ0v) is 13.1. The summed E-state index contributed by atoms with van der Waals surface area (Å²) in [6.45, 7) is 0. The van der Waals surface area contributed by atoms with Crippen molar-refractivity contribution in [2.45, 2.75) is 18.9 Å². The third kappa shape index (κ3) is 3.53. The Morgan fingerprint density at radius 1 is 1.08 bits per heavy atom. The topological polar surface area (TPSA) is 67.4 Å². The van der Waals surface area contributed by atoms with Gasteiger partial charge in [0, 0.05) is 6.04 Å². The fourth-order valence-electron chi connectivity index (χ4n) is 2.33. The number of benzene rings is 2. The van der Waals surface area contributed by atoms with E-state index in [2.05, 4.69) is 10.6 Å². The van der Waals surface area contributed by atoms with Crippen molar-refractivity contribution in [3.8, 4) is 5.75 Å². The molecule has 0 spiro atoms. The predicted octanol–water partition coefficient (Wildman–Crippen LogP) is 2.98. The lowest BCUT2D eigenvalue weighted by Crippen LogP contribution is -2.27. The fraction of sp³-hybridized carbons (Fsp3) is 0.222. The summed E-state index contributed by atoms with van der Waals surface area (Å²) < 4.78 is 18.5. The lowest BCUT2D eigenvalue weighted by Gasteiger charge is -2.13. The van der Waals surface area contributed by atoms with Crippen molar-refractivity contribution in [2.24, 2.45) is 0 Å². The van der Waals surface area contributed by atoms with Crippen LogP contribution in [0.3, 0.4) is 0 Å². The lowest BCUT2D eigenvalue weighted by molar-refractivity contribution is 0.0952. The summed E-state index contributed by atoms with van der Waals surface area (Å²) in [7, 11) is 1.40. The smallest absolute Gasteiger partial charge is 0.259 e. The third-order valence-electron chi connectivity index (χ3n) is 3.74. The van der Waals surface area contributed by atoms with Gasteiger partial charge in [0.1, 0.15) is 11.6 Å². The van der Waals surface area contributed by atoms with E-state index in [1.54, 1.807) is 24.3 Å². The van der Waals surface area contributed by atoms with Crippen molar-refractivity contribution in [2.75, 3.05) is 12.4 Å². The average Bonchev–Trinajstić information content (AvgIpc) is 3.39. The van der Waals surface area contributed by atoms with Gasteiger partial charge < -0.3 is 15.4 Å². The van der Waals surface area contributed by atoms with Crippen LogP contribution < -0.4 is 15.4 Å². The van der Waals surface area contributed by atoms with Gasteiger partial charge in [0.25, 0.3) is 11.8 Å². The van der Waals surface area contributed by atoms with Crippen LogP contribution in [0.1, 0.15) is 33.6 Å². The SMILES string of the molecule is COc1ccc(F)cc1C(=O)Nc1ccccc1C(=O)NC1CC1. The van der Waals surface area contributed by atoms with Crippen LogP contribution in [0, 0.1) is 5.82 Å². The molecule has 1 saturated carbocycles. The van der Waals surface area contributed by atoms with Crippen LogP contribution in [0.25, 0.3) is 0 Å². The van der Waals surface area contributed by atoms with E-state index in [9.17, 15) is 14.0 Å². The molecule has 2 aromatic rings. The van der Waals surface area contributed by atoms with Gasteiger partial charge in [-0.15, -0.1) is 0 Å². The van der Waals surface area contributed by atoms with Crippen molar-refractivity contribution in [3.63, 3.8) is 0 Å². The van der Waals surface area contributed by atoms with Crippen LogP contribution in [0.2, 0.25) is 0 Å². The number of ether oxygens (including phenoxy) is 1. The molecule has 1 fully saturated rings. The molecule has 0 atom stereocenters. The third-order valence-corrected chi connectivity index (χ3v) is 3.74. The van der Waals surface area contributed by atoms with E-state index < -0.39 is 11.7 Å². The van der Waals surface area contributed by atoms with E-state index in [1.807, 2.05) is 0 Å². The van der Waals surface area contributed by atoms with Crippen LogP contribution >= 0.6 is 0 Å². The van der Waals surface area contributed by atoms with Crippen LogP contribution in [-0.2, 0) is 0 Å². The molecule has 0 saturated heterocycles. The molecule has 1 aliphatic rings. The number of halogens is 1. The molecule has 0 heterocycles. The van der Waals surface area contributed by atoms with Crippen molar-refractivity contribution < 1.29 is 18.7 Å². The number of para-hydroxylation sites is 1. The molecule has 0 aromatic heterocycles. The molecule has 1 aliphatic carbocycles. The van der Waals surface area contributed by atoms with Crippen LogP contribution in [0.5, 0.6) is 5.75 Å². The van der Waals surface area contributed by atoms with Gasteiger partial charge in [-0.1, -0.05) is 12.1 Å². The standard InChI is InChI=1S/C18H17FN2O3/c1-24-16-9-6-11(19)10-14(16)18(23)21-15-5-3-2-4-13(15)17(22)20-12-7-8-12/h2-6,9-10,12H,7-8H2,1H3,(H,20,22)(H,21,23). The Balaban J connectivity index is 1.84. The summed E-state index contributed by atoms with van der Waals surface area (Å²) >= 11 is 0. The molecule has 6 heteroatoms. The monoisotopic (exact) mass is 328 g/mol. The number of anilines is 1. The quantitative estimate of drug-likeness (QED) is 0.887. The van der Waals surface area contributed by atoms with E-state index in [0.717, 1.165) is 18.9 Å². The van der Waals surface area contributed by atoms with Gasteiger partial charge in [-0.3, -0.25) is 9.59 Å². The highest BCUT2D eigenvalue weighted by atomic mass is 19.1. The van der Waals surface area contributed by atoms with Crippen LogP contribution in [-0.4, -0.2) is 25.0 Å². The maximum Gasteiger partial charge on any atom is 0.259 e. The number of amides is 2. The Hall–Kier alpha value is -2.89. The Labute approximate surface area is 138 Å². The normalized spacial score (nSPS) is 13.2. The second-order valence-corrected chi connectivity index (χ2v) is 5.59. The first-order valence-electron chi connectivity index (χ1n) is 7.63. The average molecular weight is 328 g/mol. The van der Waals surface area contributed by atoms with Crippen LogP contribution in [0.15, 0.2) is 42.5 Å². The molecular weight excluding hydrogens is 311 g/mol. The molecule has 0 bridgehead atoms. The summed E-state index contributed by atoms with van der Waals surface area (Å²) in [5.74, 6) is -1.06. The Morgan fingerprint density at radius 3 is 2.54 bits per heavy atom. The van der Waals surface area contributed by atoms with E-state index in [-0.39, 0.29) is 23.3 Å². The minimum Gasteiger partial charge on any atom is -0.496 e. The molecule has 2 N–H and O–H groups in total. The van der Waals surface area contributed by atoms with Crippen molar-refractivity contribution in [1.29, 1.82) is 0 Å². The summed E-state index contributed by atoms with van der Waals surface area (Å²) in [4.78, 5) is 24.7. The van der Waals surface area contributed by atoms with Gasteiger partial charge in [0.15, 0.2) is 0 Å². The Kier molecular flexibility index (Phi) is 4.46. The number of nitrogens with one attached hydrogen (secondary N) is 2. The molecule has 0 radical (unpaired) electrons. The summed E-state index contributed by atoms with van der Waals surface area (Å²) in [6, 6.07) is 10.6. The summed E-state index contributed by atoms with van der Waals surface area (Å²) in [5.41, 5.74) is 0.801. The zero-order chi connectivity index (χ0) is 17.1. The van der Waals surface area contributed by atoms with Crippen molar-refractivity contribution >= 4 is 17.5 Å². The zero-order valence-electron chi connectivity index (χ0n) is 13.1. The van der Waals surface area contributed by atoms with Gasteiger partial charge in [-0.05, 0) is 43.2 Å². The second kappa shape index (κ2) is 6.70. The van der Waals surface area contributed by atoms with Crippen molar-refractivity contribution in [3.05, 3.63) is 59.4 Å². The van der Waals surface area contributed by atoms with E-state index in [4.69, 9.17) is 4.74 Å². The van der Waals surface area contributed by atoms with Gasteiger partial charge in [0.2, 0.25) is 0 Å². The van der Waals surface area contributed by atoms with Gasteiger partial charge >= 0.3 is 0 Å². The highest BCUT2D eigenvalue weighted by Gasteiger charge is 2.25. The van der Waals surface area contributed by atoms with Gasteiger partial charge in [-0.2, -0.15) is 0 Å². The number of rotatable bonds is 5. The maximum absolute atomic E-state index is 13.4. The molecule has 0 unspecified atom stereocenters. The van der Waals surface area contributed by atoms with Crippen LogP contribution in [0.4, 0.5) is 10.1 Å². The molecule has 0 aliphatic heterocycles. The Bertz CT molecular complexity index is 788. The highest BCUT2D eigenvalue weighted by Crippen LogP contribution is 2.24. The second-order valence-electron chi connectivity index (χ2n) is 5.59. The number of hydrogen-bond acceptors (Lipinski definition) is 3. The fourth-order valence-corrected chi connectivity index (χ4v) is 2.33. The summed E-state index contributed by atoms with van der Waals surface area (Å²) in [5, 5.41) is 5.54. The molecular formula is C18H17FN2O3. The first kappa shape index (κ1) is 16.0. The molecule has 5 nitrogen and oxygen atoms in total. The van der Waals surface area contributed by atoms with E-state index in [0.29, 0.717) is 11.3 Å². The largest absolute Gasteiger partial charge is 0.496 e. The highest BCUT2D eigenvalue weighted by molar-refractivity contribution is 6.10. The molecule has 124 valence electrons. The van der Waals surface area contributed by atoms with Gasteiger partial charge in [0.05, 0.1) is 23.9 Å². The molecule has 2 aromatic carbocycles. The first-order valence-corrected chi connectivity index (χ1v) is 7.63.